The summed E-state index contributed by atoms with van der Waals surface area (Å²) in [5.74, 6) is -3.46. The van der Waals surface area contributed by atoms with E-state index in [1.165, 1.54) is 0 Å². The normalized spacial score (nSPS) is 13.2. The Kier molecular flexibility index (Phi) is 4.11. The Morgan fingerprint density at radius 3 is 2.71 bits per heavy atom. The van der Waals surface area contributed by atoms with Crippen molar-refractivity contribution in [1.82, 2.24) is 10.1 Å². The fraction of sp³-hybridized carbons (Fsp3) is 0.357. The van der Waals surface area contributed by atoms with E-state index < -0.39 is 17.9 Å². The number of halogens is 3. The lowest BCUT2D eigenvalue weighted by molar-refractivity contribution is -0.172. The van der Waals surface area contributed by atoms with Gasteiger partial charge in [0.25, 0.3) is 0 Å². The van der Waals surface area contributed by atoms with Crippen molar-refractivity contribution in [1.29, 1.82) is 0 Å². The topological polar surface area (TPSA) is 56.0 Å². The Hall–Kier alpha value is -2.18. The van der Waals surface area contributed by atoms with Crippen molar-refractivity contribution in [2.75, 3.05) is 0 Å². The smallest absolute Gasteiger partial charge is 0.339 e. The third kappa shape index (κ3) is 3.68. The molecule has 0 N–H and O–H groups in total. The van der Waals surface area contributed by atoms with E-state index in [-0.39, 0.29) is 11.7 Å². The van der Waals surface area contributed by atoms with Crippen LogP contribution in [0.4, 0.5) is 13.2 Å². The van der Waals surface area contributed by atoms with Crippen LogP contribution in [0.25, 0.3) is 0 Å². The van der Waals surface area contributed by atoms with E-state index in [0.29, 0.717) is 6.42 Å². The van der Waals surface area contributed by atoms with Gasteiger partial charge < -0.3 is 4.52 Å². The number of hydrogen-bond donors (Lipinski definition) is 0. The zero-order valence-corrected chi connectivity index (χ0v) is 11.4. The second-order valence-corrected chi connectivity index (χ2v) is 4.80. The molecular weight excluding hydrogens is 285 g/mol. The van der Waals surface area contributed by atoms with Crippen molar-refractivity contribution >= 4 is 5.78 Å². The molecule has 4 nitrogen and oxygen atoms in total. The highest BCUT2D eigenvalue weighted by Gasteiger charge is 2.43. The van der Waals surface area contributed by atoms with Crippen LogP contribution < -0.4 is 0 Å². The minimum Gasteiger partial charge on any atom is -0.339 e. The van der Waals surface area contributed by atoms with Crippen LogP contribution in [0.5, 0.6) is 0 Å². The fourth-order valence-electron chi connectivity index (χ4n) is 1.88. The highest BCUT2D eigenvalue weighted by Crippen LogP contribution is 2.26. The van der Waals surface area contributed by atoms with E-state index in [0.717, 1.165) is 18.1 Å². The summed E-state index contributed by atoms with van der Waals surface area (Å²) in [6.45, 7) is 3.02. The van der Waals surface area contributed by atoms with Crippen molar-refractivity contribution in [3.8, 4) is 0 Å². The number of hydrogen-bond acceptors (Lipinski definition) is 4. The SMILES string of the molecule is Cc1cccc(Cc2noc(C(C)C(=O)C(F)(F)F)n2)c1. The summed E-state index contributed by atoms with van der Waals surface area (Å²) in [7, 11) is 0. The summed E-state index contributed by atoms with van der Waals surface area (Å²) < 4.78 is 41.8. The van der Waals surface area contributed by atoms with Gasteiger partial charge in [0, 0.05) is 6.42 Å². The molecule has 1 aromatic heterocycles. The van der Waals surface area contributed by atoms with E-state index in [1.54, 1.807) is 0 Å². The molecule has 0 saturated heterocycles. The number of alkyl halides is 3. The van der Waals surface area contributed by atoms with Gasteiger partial charge in [0.05, 0.1) is 0 Å². The Morgan fingerprint density at radius 1 is 1.38 bits per heavy atom. The molecule has 1 atom stereocenters. The molecule has 0 amide bonds. The number of aryl methyl sites for hydroxylation is 1. The van der Waals surface area contributed by atoms with Crippen LogP contribution in [0, 0.1) is 6.92 Å². The number of Topliss-reactive ketones (excluding diaryl/α,β-unsaturated/α-hetero) is 1. The molecule has 2 aromatic rings. The van der Waals surface area contributed by atoms with Crippen molar-refractivity contribution in [2.24, 2.45) is 0 Å². The third-order valence-corrected chi connectivity index (χ3v) is 2.97. The summed E-state index contributed by atoms with van der Waals surface area (Å²) in [4.78, 5) is 15.0. The van der Waals surface area contributed by atoms with Crippen LogP contribution >= 0.6 is 0 Å². The average molecular weight is 298 g/mol. The van der Waals surface area contributed by atoms with Gasteiger partial charge in [-0.15, -0.1) is 0 Å². The molecule has 0 saturated carbocycles. The zero-order valence-electron chi connectivity index (χ0n) is 11.4. The molecule has 1 heterocycles. The van der Waals surface area contributed by atoms with Crippen LogP contribution in [-0.4, -0.2) is 22.1 Å². The molecule has 0 aliphatic rings. The summed E-state index contributed by atoms with van der Waals surface area (Å²) in [6, 6.07) is 7.56. The van der Waals surface area contributed by atoms with Gasteiger partial charge in [-0.05, 0) is 19.4 Å². The first-order chi connectivity index (χ1) is 9.77. The van der Waals surface area contributed by atoms with Gasteiger partial charge in [0.2, 0.25) is 11.7 Å². The maximum atomic E-state index is 12.3. The third-order valence-electron chi connectivity index (χ3n) is 2.97. The molecule has 21 heavy (non-hydrogen) atoms. The Bertz CT molecular complexity index is 650. The van der Waals surface area contributed by atoms with Crippen LogP contribution in [-0.2, 0) is 11.2 Å². The van der Waals surface area contributed by atoms with Gasteiger partial charge in [0.1, 0.15) is 5.92 Å². The number of benzene rings is 1. The maximum absolute atomic E-state index is 12.3. The van der Waals surface area contributed by atoms with Crippen LogP contribution in [0.3, 0.4) is 0 Å². The van der Waals surface area contributed by atoms with Crippen LogP contribution in [0.1, 0.15) is 35.7 Å². The molecule has 0 aliphatic carbocycles. The van der Waals surface area contributed by atoms with E-state index in [2.05, 4.69) is 10.1 Å². The van der Waals surface area contributed by atoms with Gasteiger partial charge in [-0.1, -0.05) is 35.0 Å². The molecule has 0 fully saturated rings. The maximum Gasteiger partial charge on any atom is 0.450 e. The van der Waals surface area contributed by atoms with Crippen molar-refractivity contribution < 1.29 is 22.5 Å². The molecule has 2 rings (SSSR count). The number of ketones is 1. The molecule has 1 aromatic carbocycles. The summed E-state index contributed by atoms with van der Waals surface area (Å²) in [5.41, 5.74) is 1.97. The molecule has 1 unspecified atom stereocenters. The second kappa shape index (κ2) is 5.67. The predicted octanol–water partition coefficient (Wildman–Crippen LogP) is 3.20. The fourth-order valence-corrected chi connectivity index (χ4v) is 1.88. The number of rotatable bonds is 4. The van der Waals surface area contributed by atoms with Crippen molar-refractivity contribution in [3.63, 3.8) is 0 Å². The first-order valence-electron chi connectivity index (χ1n) is 6.26. The first-order valence-corrected chi connectivity index (χ1v) is 6.26. The molecular formula is C14H13F3N2O2. The number of nitrogens with zero attached hydrogens (tertiary/aromatic N) is 2. The minimum atomic E-state index is -4.91. The highest BCUT2D eigenvalue weighted by molar-refractivity contribution is 5.89. The number of aromatic nitrogens is 2. The van der Waals surface area contributed by atoms with Crippen LogP contribution in [0.15, 0.2) is 28.8 Å². The zero-order chi connectivity index (χ0) is 15.6. The average Bonchev–Trinajstić information content (AvgIpc) is 2.84. The molecule has 0 aliphatic heterocycles. The highest BCUT2D eigenvalue weighted by atomic mass is 19.4. The number of carbonyl (C=O) groups excluding carboxylic acids is 1. The Morgan fingerprint density at radius 2 is 2.10 bits per heavy atom. The Balaban J connectivity index is 2.13. The van der Waals surface area contributed by atoms with Gasteiger partial charge in [-0.25, -0.2) is 0 Å². The molecule has 0 spiro atoms. The lowest BCUT2D eigenvalue weighted by Crippen LogP contribution is -2.27. The molecule has 112 valence electrons. The lowest BCUT2D eigenvalue weighted by atomic mass is 10.1. The van der Waals surface area contributed by atoms with Crippen molar-refractivity contribution in [2.45, 2.75) is 32.4 Å². The van der Waals surface area contributed by atoms with E-state index in [1.807, 2.05) is 31.2 Å². The van der Waals surface area contributed by atoms with Gasteiger partial charge in [0.15, 0.2) is 5.82 Å². The van der Waals surface area contributed by atoms with E-state index in [9.17, 15) is 18.0 Å². The minimum absolute atomic E-state index is 0.248. The molecule has 0 radical (unpaired) electrons. The summed E-state index contributed by atoms with van der Waals surface area (Å²) >= 11 is 0. The van der Waals surface area contributed by atoms with Gasteiger partial charge >= 0.3 is 6.18 Å². The summed E-state index contributed by atoms with van der Waals surface area (Å²) in [5, 5.41) is 3.62. The Labute approximate surface area is 119 Å². The van der Waals surface area contributed by atoms with Gasteiger partial charge in [-0.3, -0.25) is 4.79 Å². The molecule has 0 bridgehead atoms. The van der Waals surface area contributed by atoms with E-state index >= 15 is 0 Å². The monoisotopic (exact) mass is 298 g/mol. The van der Waals surface area contributed by atoms with Gasteiger partial charge in [-0.2, -0.15) is 18.2 Å². The van der Waals surface area contributed by atoms with Crippen LogP contribution in [0.2, 0.25) is 0 Å². The standard InChI is InChI=1S/C14H13F3N2O2/c1-8-4-3-5-10(6-8)7-11-18-13(21-19-11)9(2)12(20)14(15,16)17/h3-6,9H,7H2,1-2H3. The number of carbonyl (C=O) groups is 1. The second-order valence-electron chi connectivity index (χ2n) is 4.80. The quantitative estimate of drug-likeness (QED) is 0.869. The molecule has 7 heteroatoms. The largest absolute Gasteiger partial charge is 0.450 e. The van der Waals surface area contributed by atoms with Crippen molar-refractivity contribution in [3.05, 3.63) is 47.1 Å². The van der Waals surface area contributed by atoms with E-state index in [4.69, 9.17) is 4.52 Å². The summed E-state index contributed by atoms with van der Waals surface area (Å²) in [6.07, 6.45) is -4.58. The lowest BCUT2D eigenvalue weighted by Gasteiger charge is -2.08. The first kappa shape index (κ1) is 15.2. The predicted molar refractivity (Wildman–Crippen MR) is 67.8 cm³/mol.